The number of likely N-dealkylation sites (tertiary alicyclic amines) is 1. The molecule has 0 unspecified atom stereocenters. The van der Waals surface area contributed by atoms with Crippen LogP contribution in [0.5, 0.6) is 0 Å². The Morgan fingerprint density at radius 2 is 1.95 bits per heavy atom. The lowest BCUT2D eigenvalue weighted by atomic mass is 10.1. The molecule has 6 heteroatoms. The van der Waals surface area contributed by atoms with E-state index in [1.165, 1.54) is 25.9 Å². The minimum absolute atomic E-state index is 0.274. The first-order chi connectivity index (χ1) is 10.8. The number of aromatic nitrogens is 2. The van der Waals surface area contributed by atoms with Crippen molar-refractivity contribution < 1.29 is 4.42 Å². The molecule has 1 fully saturated rings. The fourth-order valence-electron chi connectivity index (χ4n) is 2.74. The fraction of sp³-hybridized carbons (Fsp3) is 0.500. The Labute approximate surface area is 130 Å². The van der Waals surface area contributed by atoms with Gasteiger partial charge in [-0.05, 0) is 37.9 Å². The van der Waals surface area contributed by atoms with Crippen LogP contribution in [-0.2, 0) is 6.42 Å². The Morgan fingerprint density at radius 3 is 2.73 bits per heavy atom. The van der Waals surface area contributed by atoms with E-state index in [1.54, 1.807) is 0 Å². The molecule has 118 valence electrons. The van der Waals surface area contributed by atoms with Gasteiger partial charge in [-0.15, -0.1) is 5.10 Å². The molecular weight excluding hydrogens is 278 g/mol. The monoisotopic (exact) mass is 301 g/mol. The van der Waals surface area contributed by atoms with Gasteiger partial charge in [-0.2, -0.15) is 0 Å². The van der Waals surface area contributed by atoms with E-state index in [1.807, 2.05) is 30.3 Å². The van der Waals surface area contributed by atoms with Crippen molar-refractivity contribution in [2.75, 3.05) is 31.5 Å². The summed E-state index contributed by atoms with van der Waals surface area (Å²) >= 11 is 0. The molecule has 6 nitrogen and oxygen atoms in total. The van der Waals surface area contributed by atoms with E-state index < -0.39 is 0 Å². The third-order valence-electron chi connectivity index (χ3n) is 3.96. The van der Waals surface area contributed by atoms with Crippen LogP contribution in [0.15, 0.2) is 34.7 Å². The van der Waals surface area contributed by atoms with E-state index in [4.69, 9.17) is 10.2 Å². The lowest BCUT2D eigenvalue weighted by molar-refractivity contribution is 0.351. The number of benzene rings is 1. The van der Waals surface area contributed by atoms with Gasteiger partial charge in [-0.25, -0.2) is 0 Å². The van der Waals surface area contributed by atoms with Gasteiger partial charge in [-0.3, -0.25) is 0 Å². The van der Waals surface area contributed by atoms with Gasteiger partial charge in [0.15, 0.2) is 0 Å². The highest BCUT2D eigenvalue weighted by atomic mass is 16.4. The molecule has 3 rings (SSSR count). The summed E-state index contributed by atoms with van der Waals surface area (Å²) in [5.41, 5.74) is 7.30. The highest BCUT2D eigenvalue weighted by Gasteiger charge is 2.15. The standard InChI is InChI=1S/C16H23N5O/c17-14(12-13-6-2-1-3-7-13)15-19-20-16(22-15)18-8-11-21-9-4-5-10-21/h1-3,6-7,14H,4-5,8-12,17H2,(H,18,20)/t14-/m1/s1. The largest absolute Gasteiger partial charge is 0.406 e. The molecule has 2 heterocycles. The molecule has 1 aliphatic heterocycles. The average molecular weight is 301 g/mol. The fourth-order valence-corrected chi connectivity index (χ4v) is 2.74. The second-order valence-corrected chi connectivity index (χ2v) is 5.72. The zero-order valence-corrected chi connectivity index (χ0v) is 12.7. The maximum atomic E-state index is 6.14. The Hall–Kier alpha value is -1.92. The van der Waals surface area contributed by atoms with Gasteiger partial charge in [0.25, 0.3) is 0 Å². The number of nitrogens with zero attached hydrogens (tertiary/aromatic N) is 3. The highest BCUT2D eigenvalue weighted by molar-refractivity contribution is 5.19. The summed E-state index contributed by atoms with van der Waals surface area (Å²) in [5, 5.41) is 11.2. The summed E-state index contributed by atoms with van der Waals surface area (Å²) in [6.45, 7) is 4.21. The Morgan fingerprint density at radius 1 is 1.18 bits per heavy atom. The van der Waals surface area contributed by atoms with E-state index in [2.05, 4.69) is 20.4 Å². The number of anilines is 1. The number of hydrogen-bond acceptors (Lipinski definition) is 6. The van der Waals surface area contributed by atoms with E-state index in [0.717, 1.165) is 18.7 Å². The highest BCUT2D eigenvalue weighted by Crippen LogP contribution is 2.16. The minimum atomic E-state index is -0.274. The maximum Gasteiger partial charge on any atom is 0.315 e. The first-order valence-electron chi connectivity index (χ1n) is 7.90. The third kappa shape index (κ3) is 4.05. The quantitative estimate of drug-likeness (QED) is 0.812. The predicted molar refractivity (Wildman–Crippen MR) is 85.5 cm³/mol. The van der Waals surface area contributed by atoms with E-state index in [9.17, 15) is 0 Å². The molecule has 1 aromatic carbocycles. The molecule has 1 saturated heterocycles. The van der Waals surface area contributed by atoms with E-state index >= 15 is 0 Å². The molecule has 0 aliphatic carbocycles. The molecule has 0 spiro atoms. The zero-order valence-electron chi connectivity index (χ0n) is 12.7. The SMILES string of the molecule is N[C@H](Cc1ccccc1)c1nnc(NCCN2CCCC2)o1. The van der Waals surface area contributed by atoms with Crippen molar-refractivity contribution in [1.29, 1.82) is 0 Å². The summed E-state index contributed by atoms with van der Waals surface area (Å²) in [6.07, 6.45) is 3.30. The van der Waals surface area contributed by atoms with Crippen LogP contribution < -0.4 is 11.1 Å². The van der Waals surface area contributed by atoms with Gasteiger partial charge < -0.3 is 20.4 Å². The van der Waals surface area contributed by atoms with Crippen LogP contribution in [0.25, 0.3) is 0 Å². The summed E-state index contributed by atoms with van der Waals surface area (Å²) < 4.78 is 5.61. The third-order valence-corrected chi connectivity index (χ3v) is 3.96. The van der Waals surface area contributed by atoms with Crippen molar-refractivity contribution >= 4 is 6.01 Å². The van der Waals surface area contributed by atoms with Crippen molar-refractivity contribution in [3.8, 4) is 0 Å². The molecule has 0 amide bonds. The van der Waals surface area contributed by atoms with E-state index in [0.29, 0.717) is 18.3 Å². The predicted octanol–water partition coefficient (Wildman–Crippen LogP) is 1.82. The Kier molecular flexibility index (Phi) is 5.03. The summed E-state index contributed by atoms with van der Waals surface area (Å²) in [7, 11) is 0. The van der Waals surface area contributed by atoms with Gasteiger partial charge >= 0.3 is 6.01 Å². The van der Waals surface area contributed by atoms with Crippen LogP contribution in [0.1, 0.15) is 30.3 Å². The molecule has 0 radical (unpaired) electrons. The summed E-state index contributed by atoms with van der Waals surface area (Å²) in [5.74, 6) is 0.479. The van der Waals surface area contributed by atoms with Gasteiger partial charge in [-0.1, -0.05) is 35.4 Å². The minimum Gasteiger partial charge on any atom is -0.406 e. The van der Waals surface area contributed by atoms with Crippen LogP contribution in [0.2, 0.25) is 0 Å². The van der Waals surface area contributed by atoms with Gasteiger partial charge in [0.2, 0.25) is 5.89 Å². The second-order valence-electron chi connectivity index (χ2n) is 5.72. The molecule has 0 bridgehead atoms. The zero-order chi connectivity index (χ0) is 15.2. The molecule has 3 N–H and O–H groups in total. The van der Waals surface area contributed by atoms with Crippen LogP contribution in [-0.4, -0.2) is 41.3 Å². The lowest BCUT2D eigenvalue weighted by Crippen LogP contribution is -2.26. The number of nitrogens with two attached hydrogens (primary N) is 1. The summed E-state index contributed by atoms with van der Waals surface area (Å²) in [6, 6.07) is 10.3. The van der Waals surface area contributed by atoms with Crippen molar-refractivity contribution in [1.82, 2.24) is 15.1 Å². The average Bonchev–Trinajstić information content (AvgIpc) is 3.20. The van der Waals surface area contributed by atoms with Gasteiger partial charge in [0.05, 0.1) is 6.04 Å². The van der Waals surface area contributed by atoms with E-state index in [-0.39, 0.29) is 6.04 Å². The van der Waals surface area contributed by atoms with Gasteiger partial charge in [0.1, 0.15) is 0 Å². The topological polar surface area (TPSA) is 80.2 Å². The van der Waals surface area contributed by atoms with Crippen LogP contribution >= 0.6 is 0 Å². The van der Waals surface area contributed by atoms with Crippen LogP contribution in [0, 0.1) is 0 Å². The first-order valence-corrected chi connectivity index (χ1v) is 7.90. The van der Waals surface area contributed by atoms with Gasteiger partial charge in [0, 0.05) is 13.1 Å². The Balaban J connectivity index is 1.47. The number of nitrogens with one attached hydrogen (secondary N) is 1. The molecule has 1 aliphatic rings. The van der Waals surface area contributed by atoms with Crippen LogP contribution in [0.3, 0.4) is 0 Å². The molecule has 0 saturated carbocycles. The van der Waals surface area contributed by atoms with Crippen LogP contribution in [0.4, 0.5) is 6.01 Å². The van der Waals surface area contributed by atoms with Crippen molar-refractivity contribution in [3.63, 3.8) is 0 Å². The molecule has 1 aromatic heterocycles. The smallest absolute Gasteiger partial charge is 0.315 e. The maximum absolute atomic E-state index is 6.14. The first kappa shape index (κ1) is 15.0. The normalized spacial score (nSPS) is 16.8. The lowest BCUT2D eigenvalue weighted by Gasteiger charge is -2.13. The van der Waals surface area contributed by atoms with Crippen molar-refractivity contribution in [2.24, 2.45) is 5.73 Å². The Bertz CT molecular complexity index is 565. The molecule has 22 heavy (non-hydrogen) atoms. The molecular formula is C16H23N5O. The molecule has 2 aromatic rings. The number of hydrogen-bond donors (Lipinski definition) is 2. The second kappa shape index (κ2) is 7.38. The van der Waals surface area contributed by atoms with Crippen molar-refractivity contribution in [3.05, 3.63) is 41.8 Å². The molecule has 1 atom stereocenters. The van der Waals surface area contributed by atoms with Crippen molar-refractivity contribution in [2.45, 2.75) is 25.3 Å². The summed E-state index contributed by atoms with van der Waals surface area (Å²) in [4.78, 5) is 2.44. The number of rotatable bonds is 7.